The van der Waals surface area contributed by atoms with E-state index in [0.717, 1.165) is 0 Å². The highest BCUT2D eigenvalue weighted by Crippen LogP contribution is 2.28. The summed E-state index contributed by atoms with van der Waals surface area (Å²) >= 11 is 0. The molecule has 1 heterocycles. The van der Waals surface area contributed by atoms with E-state index in [0.29, 0.717) is 9.99 Å². The average molecular weight is 344 g/mol. The molecule has 1 saturated heterocycles. The lowest BCUT2D eigenvalue weighted by Gasteiger charge is -2.23. The smallest absolute Gasteiger partial charge is 0.267 e. The van der Waals surface area contributed by atoms with Crippen molar-refractivity contribution in [3.63, 3.8) is 0 Å². The second-order valence-electron chi connectivity index (χ2n) is 5.42. The summed E-state index contributed by atoms with van der Waals surface area (Å²) in [5.74, 6) is -1.07. The first-order chi connectivity index (χ1) is 11.5. The molecule has 0 spiro atoms. The van der Waals surface area contributed by atoms with E-state index < -0.39 is 27.9 Å². The van der Waals surface area contributed by atoms with E-state index in [1.807, 2.05) is 0 Å². The zero-order chi connectivity index (χ0) is 17.2. The molecule has 1 fully saturated rings. The van der Waals surface area contributed by atoms with E-state index in [4.69, 9.17) is 0 Å². The Hall–Kier alpha value is -2.67. The van der Waals surface area contributed by atoms with E-state index in [9.17, 15) is 18.0 Å². The topological polar surface area (TPSA) is 83.6 Å². The van der Waals surface area contributed by atoms with Gasteiger partial charge in [0.25, 0.3) is 10.0 Å². The molecule has 0 radical (unpaired) electrons. The molecule has 6 nitrogen and oxygen atoms in total. The number of carbonyl (C=O) groups excluding carboxylic acids is 2. The van der Waals surface area contributed by atoms with Gasteiger partial charge in [-0.15, -0.1) is 0 Å². The zero-order valence-electron chi connectivity index (χ0n) is 12.8. The fourth-order valence-electron chi connectivity index (χ4n) is 2.65. The van der Waals surface area contributed by atoms with Gasteiger partial charge in [0.15, 0.2) is 0 Å². The Morgan fingerprint density at radius 3 is 2.21 bits per heavy atom. The molecule has 2 aromatic rings. The highest BCUT2D eigenvalue weighted by atomic mass is 32.2. The zero-order valence-corrected chi connectivity index (χ0v) is 13.6. The van der Waals surface area contributed by atoms with Gasteiger partial charge in [-0.05, 0) is 30.7 Å². The van der Waals surface area contributed by atoms with Crippen molar-refractivity contribution < 1.29 is 18.0 Å². The van der Waals surface area contributed by atoms with Crippen LogP contribution in [0, 0.1) is 0 Å². The summed E-state index contributed by atoms with van der Waals surface area (Å²) in [6.07, 6.45) is 0.197. The van der Waals surface area contributed by atoms with E-state index in [1.165, 1.54) is 12.1 Å². The number of hydrogen-bond acceptors (Lipinski definition) is 4. The van der Waals surface area contributed by atoms with Gasteiger partial charge in [-0.3, -0.25) is 9.59 Å². The maximum Gasteiger partial charge on any atom is 0.267 e. The molecule has 124 valence electrons. The number of nitrogens with one attached hydrogen (secondary N) is 1. The van der Waals surface area contributed by atoms with Crippen LogP contribution in [-0.2, 0) is 19.6 Å². The first-order valence-electron chi connectivity index (χ1n) is 7.48. The van der Waals surface area contributed by atoms with Gasteiger partial charge in [0.05, 0.1) is 4.90 Å². The summed E-state index contributed by atoms with van der Waals surface area (Å²) in [5.41, 5.74) is 0.555. The molecule has 1 N–H and O–H groups in total. The van der Waals surface area contributed by atoms with Crippen molar-refractivity contribution >= 4 is 27.5 Å². The van der Waals surface area contributed by atoms with E-state index >= 15 is 0 Å². The van der Waals surface area contributed by atoms with Gasteiger partial charge in [-0.1, -0.05) is 36.4 Å². The van der Waals surface area contributed by atoms with Gasteiger partial charge in [0.1, 0.15) is 6.04 Å². The molecule has 0 aromatic heterocycles. The van der Waals surface area contributed by atoms with Gasteiger partial charge in [0, 0.05) is 12.1 Å². The molecule has 2 amide bonds. The second kappa shape index (κ2) is 6.45. The van der Waals surface area contributed by atoms with Gasteiger partial charge in [-0.2, -0.15) is 0 Å². The average Bonchev–Trinajstić information content (AvgIpc) is 2.99. The van der Waals surface area contributed by atoms with Crippen molar-refractivity contribution in [2.75, 3.05) is 5.32 Å². The first kappa shape index (κ1) is 16.2. The fourth-order valence-corrected chi connectivity index (χ4v) is 4.28. The minimum Gasteiger partial charge on any atom is -0.324 e. The molecule has 2 aromatic carbocycles. The van der Waals surface area contributed by atoms with Gasteiger partial charge in [-0.25, -0.2) is 12.7 Å². The molecule has 7 heteroatoms. The molecule has 0 unspecified atom stereocenters. The molecule has 0 bridgehead atoms. The van der Waals surface area contributed by atoms with Crippen molar-refractivity contribution in [1.82, 2.24) is 4.31 Å². The first-order valence-corrected chi connectivity index (χ1v) is 8.92. The number of para-hydroxylation sites is 1. The normalized spacial score (nSPS) is 17.8. The number of nitrogens with zero attached hydrogens (tertiary/aromatic N) is 1. The van der Waals surface area contributed by atoms with Crippen LogP contribution in [0.2, 0.25) is 0 Å². The number of hydrogen-bond donors (Lipinski definition) is 1. The van der Waals surface area contributed by atoms with Crippen molar-refractivity contribution in [3.05, 3.63) is 60.7 Å². The molecule has 24 heavy (non-hydrogen) atoms. The number of sulfonamides is 1. The molecule has 0 aliphatic carbocycles. The van der Waals surface area contributed by atoms with Gasteiger partial charge in [0.2, 0.25) is 11.8 Å². The molecule has 1 aliphatic rings. The lowest BCUT2D eigenvalue weighted by atomic mass is 10.2. The van der Waals surface area contributed by atoms with Crippen LogP contribution in [0.1, 0.15) is 12.8 Å². The minimum absolute atomic E-state index is 0.00207. The van der Waals surface area contributed by atoms with Crippen LogP contribution in [0.5, 0.6) is 0 Å². The molecule has 3 rings (SSSR count). The summed E-state index contributed by atoms with van der Waals surface area (Å²) in [7, 11) is -4.05. The Balaban J connectivity index is 1.88. The Bertz CT molecular complexity index is 851. The highest BCUT2D eigenvalue weighted by Gasteiger charge is 2.44. The summed E-state index contributed by atoms with van der Waals surface area (Å²) in [6, 6.07) is 15.3. The summed E-state index contributed by atoms with van der Waals surface area (Å²) in [6.45, 7) is 0. The largest absolute Gasteiger partial charge is 0.324 e. The minimum atomic E-state index is -4.05. The fraction of sp³-hybridized carbons (Fsp3) is 0.176. The van der Waals surface area contributed by atoms with Crippen molar-refractivity contribution in [1.29, 1.82) is 0 Å². The molecular formula is C17H16N2O4S. The Kier molecular flexibility index (Phi) is 4.35. The van der Waals surface area contributed by atoms with Crippen LogP contribution in [0.4, 0.5) is 5.69 Å². The highest BCUT2D eigenvalue weighted by molar-refractivity contribution is 7.89. The molecule has 1 aliphatic heterocycles. The quantitative estimate of drug-likeness (QED) is 0.919. The Labute approximate surface area is 140 Å². The maximum absolute atomic E-state index is 12.7. The van der Waals surface area contributed by atoms with Crippen molar-refractivity contribution in [2.45, 2.75) is 23.8 Å². The van der Waals surface area contributed by atoms with Crippen LogP contribution in [-0.4, -0.2) is 30.6 Å². The molecule has 0 saturated carbocycles. The van der Waals surface area contributed by atoms with E-state index in [-0.39, 0.29) is 17.7 Å². The molecular weight excluding hydrogens is 328 g/mol. The predicted octanol–water partition coefficient (Wildman–Crippen LogP) is 2.01. The summed E-state index contributed by atoms with van der Waals surface area (Å²) in [5, 5.41) is 2.66. The number of amides is 2. The SMILES string of the molecule is O=C(Nc1ccccc1)[C@@H]1CCC(=O)N1S(=O)(=O)c1ccccc1. The van der Waals surface area contributed by atoms with Crippen LogP contribution >= 0.6 is 0 Å². The number of anilines is 1. The third-order valence-electron chi connectivity index (χ3n) is 3.80. The monoisotopic (exact) mass is 344 g/mol. The summed E-state index contributed by atoms with van der Waals surface area (Å²) in [4.78, 5) is 24.6. The second-order valence-corrected chi connectivity index (χ2v) is 7.23. The third kappa shape index (κ3) is 3.03. The summed E-state index contributed by atoms with van der Waals surface area (Å²) < 4.78 is 26.2. The molecule has 1 atom stereocenters. The third-order valence-corrected chi connectivity index (χ3v) is 5.65. The maximum atomic E-state index is 12.7. The number of rotatable bonds is 4. The lowest BCUT2D eigenvalue weighted by molar-refractivity contribution is -0.128. The van der Waals surface area contributed by atoms with E-state index in [2.05, 4.69) is 5.32 Å². The van der Waals surface area contributed by atoms with Gasteiger partial charge < -0.3 is 5.32 Å². The Morgan fingerprint density at radius 2 is 1.58 bits per heavy atom. The van der Waals surface area contributed by atoms with Crippen molar-refractivity contribution in [2.24, 2.45) is 0 Å². The number of benzene rings is 2. The van der Waals surface area contributed by atoms with Gasteiger partial charge >= 0.3 is 0 Å². The Morgan fingerprint density at radius 1 is 1.00 bits per heavy atom. The number of carbonyl (C=O) groups is 2. The van der Waals surface area contributed by atoms with Crippen LogP contribution in [0.25, 0.3) is 0 Å². The van der Waals surface area contributed by atoms with Crippen LogP contribution < -0.4 is 5.32 Å². The predicted molar refractivity (Wildman–Crippen MR) is 88.6 cm³/mol. The van der Waals surface area contributed by atoms with Crippen molar-refractivity contribution in [3.8, 4) is 0 Å². The van der Waals surface area contributed by atoms with Crippen LogP contribution in [0.3, 0.4) is 0 Å². The standard InChI is InChI=1S/C17H16N2O4S/c20-16-12-11-15(17(21)18-13-7-3-1-4-8-13)19(16)24(22,23)14-9-5-2-6-10-14/h1-10,15H,11-12H2,(H,18,21)/t15-/m0/s1. The lowest BCUT2D eigenvalue weighted by Crippen LogP contribution is -2.45. The van der Waals surface area contributed by atoms with Crippen LogP contribution in [0.15, 0.2) is 65.6 Å². The van der Waals surface area contributed by atoms with E-state index in [1.54, 1.807) is 48.5 Å².